The van der Waals surface area contributed by atoms with Crippen LogP contribution in [0.4, 0.5) is 0 Å². The van der Waals surface area contributed by atoms with Crippen molar-refractivity contribution in [1.29, 1.82) is 0 Å². The van der Waals surface area contributed by atoms with E-state index in [0.29, 0.717) is 5.69 Å². The van der Waals surface area contributed by atoms with Crippen molar-refractivity contribution < 1.29 is 20.1 Å². The first-order chi connectivity index (χ1) is 7.24. The Labute approximate surface area is 86.2 Å². The smallest absolute Gasteiger partial charge is 0.129 e. The van der Waals surface area contributed by atoms with Crippen LogP contribution in [-0.2, 0) is 4.74 Å². The monoisotopic (exact) mass is 212 g/mol. The van der Waals surface area contributed by atoms with E-state index in [-0.39, 0.29) is 6.61 Å². The van der Waals surface area contributed by atoms with Crippen molar-refractivity contribution in [3.63, 3.8) is 0 Å². The SMILES string of the molecule is OC[C@H]1O[C@@H](c2ccncn2)[C@H](O)[C@@H]1O. The average molecular weight is 212 g/mol. The highest BCUT2D eigenvalue weighted by molar-refractivity contribution is 5.09. The molecule has 82 valence electrons. The van der Waals surface area contributed by atoms with E-state index < -0.39 is 24.4 Å². The van der Waals surface area contributed by atoms with Crippen LogP contribution in [0, 0.1) is 0 Å². The molecule has 2 heterocycles. The molecule has 1 aromatic heterocycles. The Hall–Kier alpha value is -1.08. The van der Waals surface area contributed by atoms with Gasteiger partial charge < -0.3 is 20.1 Å². The van der Waals surface area contributed by atoms with Crippen molar-refractivity contribution in [2.45, 2.75) is 24.4 Å². The molecule has 0 unspecified atom stereocenters. The molecule has 0 radical (unpaired) electrons. The molecule has 0 saturated carbocycles. The van der Waals surface area contributed by atoms with Gasteiger partial charge in [-0.15, -0.1) is 0 Å². The Morgan fingerprint density at radius 2 is 2.13 bits per heavy atom. The zero-order chi connectivity index (χ0) is 10.8. The molecule has 1 aromatic rings. The van der Waals surface area contributed by atoms with Gasteiger partial charge in [-0.3, -0.25) is 0 Å². The fourth-order valence-corrected chi connectivity index (χ4v) is 1.61. The molecule has 2 rings (SSSR count). The molecule has 1 saturated heterocycles. The average Bonchev–Trinajstić information content (AvgIpc) is 2.57. The third-order valence-corrected chi connectivity index (χ3v) is 2.44. The van der Waals surface area contributed by atoms with Gasteiger partial charge in [-0.25, -0.2) is 9.97 Å². The zero-order valence-electron chi connectivity index (χ0n) is 7.89. The summed E-state index contributed by atoms with van der Waals surface area (Å²) in [6.45, 7) is -0.334. The highest BCUT2D eigenvalue weighted by atomic mass is 16.6. The van der Waals surface area contributed by atoms with Crippen molar-refractivity contribution in [1.82, 2.24) is 9.97 Å². The van der Waals surface area contributed by atoms with Crippen LogP contribution in [0.2, 0.25) is 0 Å². The molecule has 6 nitrogen and oxygen atoms in total. The molecule has 0 aliphatic carbocycles. The van der Waals surface area contributed by atoms with Crippen molar-refractivity contribution in [2.24, 2.45) is 0 Å². The quantitative estimate of drug-likeness (QED) is 0.560. The molecular formula is C9H12N2O4. The van der Waals surface area contributed by atoms with E-state index >= 15 is 0 Å². The number of aliphatic hydroxyl groups excluding tert-OH is 3. The van der Waals surface area contributed by atoms with E-state index in [0.717, 1.165) is 0 Å². The number of hydrogen-bond acceptors (Lipinski definition) is 6. The number of aliphatic hydroxyl groups is 3. The standard InChI is InChI=1S/C9H12N2O4/c12-3-6-7(13)8(14)9(15-6)5-1-2-10-4-11-5/h1-2,4,6-9,12-14H,3H2/t6-,7-,8-,9+/m1/s1. The van der Waals surface area contributed by atoms with E-state index in [1.54, 1.807) is 6.07 Å². The minimum atomic E-state index is -1.09. The first-order valence-electron chi connectivity index (χ1n) is 4.62. The number of rotatable bonds is 2. The van der Waals surface area contributed by atoms with Crippen LogP contribution < -0.4 is 0 Å². The van der Waals surface area contributed by atoms with Crippen LogP contribution in [-0.4, -0.2) is 50.2 Å². The Morgan fingerprint density at radius 1 is 1.33 bits per heavy atom. The van der Waals surface area contributed by atoms with Crippen molar-refractivity contribution in [3.05, 3.63) is 24.3 Å². The fraction of sp³-hybridized carbons (Fsp3) is 0.556. The van der Waals surface area contributed by atoms with Gasteiger partial charge in [-0.1, -0.05) is 0 Å². The minimum absolute atomic E-state index is 0.334. The maximum absolute atomic E-state index is 9.67. The topological polar surface area (TPSA) is 95.7 Å². The summed E-state index contributed by atoms with van der Waals surface area (Å²) in [4.78, 5) is 7.67. The largest absolute Gasteiger partial charge is 0.394 e. The van der Waals surface area contributed by atoms with Crippen molar-refractivity contribution in [2.75, 3.05) is 6.61 Å². The molecule has 0 bridgehead atoms. The number of hydrogen-bond donors (Lipinski definition) is 3. The predicted molar refractivity (Wildman–Crippen MR) is 48.7 cm³/mol. The third kappa shape index (κ3) is 1.84. The number of ether oxygens (including phenoxy) is 1. The van der Waals surface area contributed by atoms with Gasteiger partial charge in [0.05, 0.1) is 12.3 Å². The second-order valence-electron chi connectivity index (χ2n) is 3.39. The molecule has 15 heavy (non-hydrogen) atoms. The molecule has 1 aliphatic heterocycles. The van der Waals surface area contributed by atoms with E-state index in [1.165, 1.54) is 12.5 Å². The Bertz CT molecular complexity index is 321. The summed E-state index contributed by atoms with van der Waals surface area (Å²) < 4.78 is 5.28. The second-order valence-corrected chi connectivity index (χ2v) is 3.39. The maximum atomic E-state index is 9.67. The molecule has 1 aliphatic rings. The van der Waals surface area contributed by atoms with Crippen LogP contribution in [0.1, 0.15) is 11.8 Å². The van der Waals surface area contributed by atoms with E-state index in [9.17, 15) is 10.2 Å². The summed E-state index contributed by atoms with van der Waals surface area (Å²) in [5.74, 6) is 0. The number of nitrogens with zero attached hydrogens (tertiary/aromatic N) is 2. The molecule has 1 fully saturated rings. The van der Waals surface area contributed by atoms with E-state index in [1.807, 2.05) is 0 Å². The van der Waals surface area contributed by atoms with E-state index in [2.05, 4.69) is 9.97 Å². The van der Waals surface area contributed by atoms with Crippen molar-refractivity contribution in [3.8, 4) is 0 Å². The molecule has 0 aromatic carbocycles. The molecule has 0 spiro atoms. The lowest BCUT2D eigenvalue weighted by Crippen LogP contribution is -2.32. The van der Waals surface area contributed by atoms with Gasteiger partial charge in [0, 0.05) is 6.20 Å². The highest BCUT2D eigenvalue weighted by Gasteiger charge is 2.43. The molecule has 3 N–H and O–H groups in total. The first kappa shape index (κ1) is 10.4. The van der Waals surface area contributed by atoms with Gasteiger partial charge in [-0.05, 0) is 6.07 Å². The summed E-state index contributed by atoms with van der Waals surface area (Å²) in [6.07, 6.45) is -0.770. The third-order valence-electron chi connectivity index (χ3n) is 2.44. The molecule has 6 heteroatoms. The number of aromatic nitrogens is 2. The summed E-state index contributed by atoms with van der Waals surface area (Å²) >= 11 is 0. The fourth-order valence-electron chi connectivity index (χ4n) is 1.61. The predicted octanol–water partition coefficient (Wildman–Crippen LogP) is -1.37. The van der Waals surface area contributed by atoms with Gasteiger partial charge in [0.1, 0.15) is 30.7 Å². The molecule has 4 atom stereocenters. The van der Waals surface area contributed by atoms with Crippen LogP contribution in [0.15, 0.2) is 18.6 Å². The lowest BCUT2D eigenvalue weighted by Gasteiger charge is -2.12. The molecule has 0 amide bonds. The normalized spacial score (nSPS) is 35.7. The second kappa shape index (κ2) is 4.19. The summed E-state index contributed by atoms with van der Waals surface area (Å²) in [5, 5.41) is 28.1. The summed E-state index contributed by atoms with van der Waals surface area (Å²) in [5.41, 5.74) is 0.493. The Morgan fingerprint density at radius 3 is 2.67 bits per heavy atom. The summed E-state index contributed by atoms with van der Waals surface area (Å²) in [7, 11) is 0. The van der Waals surface area contributed by atoms with Gasteiger partial charge in [0.2, 0.25) is 0 Å². The Kier molecular flexibility index (Phi) is 2.92. The first-order valence-corrected chi connectivity index (χ1v) is 4.62. The lowest BCUT2D eigenvalue weighted by molar-refractivity contribution is -0.0239. The highest BCUT2D eigenvalue weighted by Crippen LogP contribution is 2.31. The van der Waals surface area contributed by atoms with Gasteiger partial charge in [0.25, 0.3) is 0 Å². The maximum Gasteiger partial charge on any atom is 0.129 e. The Balaban J connectivity index is 2.19. The van der Waals surface area contributed by atoms with Crippen LogP contribution in [0.5, 0.6) is 0 Å². The minimum Gasteiger partial charge on any atom is -0.394 e. The van der Waals surface area contributed by atoms with Crippen LogP contribution in [0.3, 0.4) is 0 Å². The summed E-state index contributed by atoms with van der Waals surface area (Å²) in [6, 6.07) is 1.60. The van der Waals surface area contributed by atoms with Crippen molar-refractivity contribution >= 4 is 0 Å². The van der Waals surface area contributed by atoms with Gasteiger partial charge >= 0.3 is 0 Å². The lowest BCUT2D eigenvalue weighted by atomic mass is 10.1. The molecular weight excluding hydrogens is 200 g/mol. The van der Waals surface area contributed by atoms with Crippen LogP contribution >= 0.6 is 0 Å². The van der Waals surface area contributed by atoms with E-state index in [4.69, 9.17) is 9.84 Å². The van der Waals surface area contributed by atoms with Gasteiger partial charge in [-0.2, -0.15) is 0 Å². The van der Waals surface area contributed by atoms with Gasteiger partial charge in [0.15, 0.2) is 0 Å². The van der Waals surface area contributed by atoms with Crippen LogP contribution in [0.25, 0.3) is 0 Å². The zero-order valence-corrected chi connectivity index (χ0v) is 7.89.